The van der Waals surface area contributed by atoms with Crippen molar-refractivity contribution in [2.75, 3.05) is 31.5 Å². The first-order chi connectivity index (χ1) is 18.6. The van der Waals surface area contributed by atoms with Crippen LogP contribution in [0, 0.1) is 0 Å². The van der Waals surface area contributed by atoms with E-state index in [9.17, 15) is 37.1 Å². The van der Waals surface area contributed by atoms with E-state index in [1.54, 1.807) is 6.92 Å². The van der Waals surface area contributed by atoms with Gasteiger partial charge in [-0.15, -0.1) is 0 Å². The Hall–Kier alpha value is -4.43. The van der Waals surface area contributed by atoms with Gasteiger partial charge in [-0.05, 0) is 37.6 Å². The highest BCUT2D eigenvalue weighted by Crippen LogP contribution is 2.33. The minimum absolute atomic E-state index is 0.0892. The second kappa shape index (κ2) is 11.8. The van der Waals surface area contributed by atoms with Gasteiger partial charge in [0.15, 0.2) is 0 Å². The number of ketones is 1. The molecule has 3 N–H and O–H groups in total. The number of alkyl halides is 3. The van der Waals surface area contributed by atoms with Crippen molar-refractivity contribution in [2.24, 2.45) is 0 Å². The van der Waals surface area contributed by atoms with Crippen LogP contribution >= 0.6 is 0 Å². The summed E-state index contributed by atoms with van der Waals surface area (Å²) >= 11 is 0. The molecule has 216 valence electrons. The zero-order valence-electron chi connectivity index (χ0n) is 22.0. The van der Waals surface area contributed by atoms with Crippen molar-refractivity contribution in [3.8, 4) is 5.69 Å². The molecule has 0 atom stereocenters. The van der Waals surface area contributed by atoms with Crippen LogP contribution in [0.5, 0.6) is 0 Å². The van der Waals surface area contributed by atoms with Gasteiger partial charge in [-0.25, -0.2) is 14.4 Å². The summed E-state index contributed by atoms with van der Waals surface area (Å²) in [5, 5.41) is 13.5. The SMILES string of the molecule is CCC(=O)Cc1ccc(-n2ccc(NC(=O)N3CCN(C(=O)C(C)(C)NC(=O)O)CC3)nc2=O)cc1C(F)(F)F. The Morgan fingerprint density at radius 1 is 1.02 bits per heavy atom. The first-order valence-electron chi connectivity index (χ1n) is 12.3. The van der Waals surface area contributed by atoms with E-state index in [0.29, 0.717) is 0 Å². The van der Waals surface area contributed by atoms with E-state index < -0.39 is 41.0 Å². The summed E-state index contributed by atoms with van der Waals surface area (Å²) in [7, 11) is 0. The molecule has 40 heavy (non-hydrogen) atoms. The largest absolute Gasteiger partial charge is 0.465 e. The van der Waals surface area contributed by atoms with Crippen LogP contribution in [0.25, 0.3) is 5.69 Å². The number of benzene rings is 1. The lowest BCUT2D eigenvalue weighted by Gasteiger charge is -2.38. The van der Waals surface area contributed by atoms with Crippen LogP contribution in [0.1, 0.15) is 38.3 Å². The zero-order valence-corrected chi connectivity index (χ0v) is 22.0. The van der Waals surface area contributed by atoms with E-state index in [2.05, 4.69) is 15.6 Å². The normalized spacial score (nSPS) is 14.1. The number of amides is 4. The quantitative estimate of drug-likeness (QED) is 0.465. The van der Waals surface area contributed by atoms with Crippen molar-refractivity contribution >= 4 is 29.6 Å². The summed E-state index contributed by atoms with van der Waals surface area (Å²) in [4.78, 5) is 67.1. The number of halogens is 3. The summed E-state index contributed by atoms with van der Waals surface area (Å²) in [5.41, 5.74) is -3.63. The third-order valence-electron chi connectivity index (χ3n) is 6.31. The van der Waals surface area contributed by atoms with E-state index in [0.717, 1.165) is 16.7 Å². The summed E-state index contributed by atoms with van der Waals surface area (Å²) in [6.45, 7) is 4.97. The molecule has 0 unspecified atom stereocenters. The van der Waals surface area contributed by atoms with Crippen LogP contribution in [0.15, 0.2) is 35.3 Å². The number of Topliss-reactive ketones (excluding diaryl/α,β-unsaturated/α-hetero) is 1. The lowest BCUT2D eigenvalue weighted by Crippen LogP contribution is -2.60. The molecule has 0 saturated carbocycles. The Morgan fingerprint density at radius 3 is 2.20 bits per heavy atom. The van der Waals surface area contributed by atoms with Gasteiger partial charge in [0, 0.05) is 45.2 Å². The number of carbonyl (C=O) groups is 4. The highest BCUT2D eigenvalue weighted by molar-refractivity contribution is 5.90. The van der Waals surface area contributed by atoms with E-state index in [-0.39, 0.29) is 61.9 Å². The number of urea groups is 1. The molecule has 1 aliphatic rings. The number of hydrogen-bond acceptors (Lipinski definition) is 6. The Labute approximate surface area is 226 Å². The molecule has 3 rings (SSSR count). The van der Waals surface area contributed by atoms with Gasteiger partial charge in [-0.3, -0.25) is 19.5 Å². The van der Waals surface area contributed by atoms with Crippen LogP contribution in [0.2, 0.25) is 0 Å². The van der Waals surface area contributed by atoms with E-state index in [1.165, 1.54) is 42.0 Å². The molecule has 1 aromatic heterocycles. The van der Waals surface area contributed by atoms with Gasteiger partial charge in [0.05, 0.1) is 11.3 Å². The fourth-order valence-corrected chi connectivity index (χ4v) is 4.16. The average Bonchev–Trinajstić information content (AvgIpc) is 2.87. The lowest BCUT2D eigenvalue weighted by atomic mass is 10.00. The highest BCUT2D eigenvalue weighted by atomic mass is 19.4. The maximum Gasteiger partial charge on any atom is 0.416 e. The van der Waals surface area contributed by atoms with Crippen molar-refractivity contribution in [1.82, 2.24) is 24.7 Å². The second-order valence-corrected chi connectivity index (χ2v) is 9.64. The average molecular weight is 567 g/mol. The Morgan fingerprint density at radius 2 is 1.65 bits per heavy atom. The van der Waals surface area contributed by atoms with Crippen molar-refractivity contribution in [1.29, 1.82) is 0 Å². The predicted molar refractivity (Wildman–Crippen MR) is 136 cm³/mol. The topological polar surface area (TPSA) is 154 Å². The summed E-state index contributed by atoms with van der Waals surface area (Å²) in [5.74, 6) is -0.930. The van der Waals surface area contributed by atoms with Crippen LogP contribution in [0.4, 0.5) is 28.6 Å². The summed E-state index contributed by atoms with van der Waals surface area (Å²) in [6.07, 6.45) is -5.21. The van der Waals surface area contributed by atoms with E-state index in [4.69, 9.17) is 5.11 Å². The van der Waals surface area contributed by atoms with E-state index >= 15 is 0 Å². The van der Waals surface area contributed by atoms with Crippen LogP contribution in [-0.4, -0.2) is 80.0 Å². The molecule has 0 bridgehead atoms. The first kappa shape index (κ1) is 30.1. The molecule has 1 fully saturated rings. The fourth-order valence-electron chi connectivity index (χ4n) is 4.16. The maximum absolute atomic E-state index is 13.6. The van der Waals surface area contributed by atoms with Crippen molar-refractivity contribution in [3.63, 3.8) is 0 Å². The molecule has 1 saturated heterocycles. The highest BCUT2D eigenvalue weighted by Gasteiger charge is 2.36. The number of carboxylic acid groups (broad SMARTS) is 1. The monoisotopic (exact) mass is 566 g/mol. The van der Waals surface area contributed by atoms with Crippen molar-refractivity contribution in [2.45, 2.75) is 45.3 Å². The molecular formula is C25H29F3N6O6. The molecule has 4 amide bonds. The standard InChI is InChI=1S/C25H29F3N6O6/c1-4-17(35)13-15-5-6-16(14-18(15)25(26,27)28)34-8-7-19(30-22(34)38)29-21(37)33-11-9-32(10-12-33)20(36)24(2,3)31-23(39)40/h5-8,14,31H,4,9-13H2,1-3H3,(H,39,40)(H,29,30,37,38). The predicted octanol–water partition coefficient (Wildman–Crippen LogP) is 2.50. The summed E-state index contributed by atoms with van der Waals surface area (Å²) in [6, 6.07) is 3.85. The number of carbonyl (C=O) groups excluding carboxylic acids is 3. The molecule has 0 spiro atoms. The third-order valence-corrected chi connectivity index (χ3v) is 6.31. The zero-order chi connectivity index (χ0) is 29.8. The summed E-state index contributed by atoms with van der Waals surface area (Å²) < 4.78 is 41.8. The van der Waals surface area contributed by atoms with Crippen LogP contribution in [0.3, 0.4) is 0 Å². The molecule has 0 radical (unpaired) electrons. The van der Waals surface area contributed by atoms with Gasteiger partial charge in [0.2, 0.25) is 5.91 Å². The Kier molecular flexibility index (Phi) is 8.85. The second-order valence-electron chi connectivity index (χ2n) is 9.64. The smallest absolute Gasteiger partial charge is 0.416 e. The number of rotatable bonds is 7. The van der Waals surface area contributed by atoms with Crippen LogP contribution in [-0.2, 0) is 22.2 Å². The number of nitrogens with zero attached hydrogens (tertiary/aromatic N) is 4. The maximum atomic E-state index is 13.6. The lowest BCUT2D eigenvalue weighted by molar-refractivity contribution is -0.139. The van der Waals surface area contributed by atoms with Crippen LogP contribution < -0.4 is 16.3 Å². The number of nitrogens with one attached hydrogen (secondary N) is 2. The van der Waals surface area contributed by atoms with Gasteiger partial charge in [-0.2, -0.15) is 18.2 Å². The molecule has 12 nitrogen and oxygen atoms in total. The molecule has 0 aliphatic carbocycles. The van der Waals surface area contributed by atoms with Gasteiger partial charge >= 0.3 is 24.0 Å². The first-order valence-corrected chi connectivity index (χ1v) is 12.3. The molecule has 2 aromatic rings. The number of hydrogen-bond donors (Lipinski definition) is 3. The molecule has 15 heteroatoms. The molecule has 2 heterocycles. The Balaban J connectivity index is 1.69. The van der Waals surface area contributed by atoms with Gasteiger partial charge in [0.1, 0.15) is 17.1 Å². The molecular weight excluding hydrogens is 537 g/mol. The minimum Gasteiger partial charge on any atom is -0.465 e. The number of piperazine rings is 1. The van der Waals surface area contributed by atoms with Gasteiger partial charge in [-0.1, -0.05) is 13.0 Å². The minimum atomic E-state index is -4.75. The molecule has 1 aromatic carbocycles. The third kappa shape index (κ3) is 7.15. The molecule has 1 aliphatic heterocycles. The van der Waals surface area contributed by atoms with Crippen molar-refractivity contribution < 1.29 is 37.5 Å². The number of aromatic nitrogens is 2. The van der Waals surface area contributed by atoms with E-state index in [1.807, 2.05) is 0 Å². The van der Waals surface area contributed by atoms with Gasteiger partial charge in [0.25, 0.3) is 0 Å². The fraction of sp³-hybridized carbons (Fsp3) is 0.440. The van der Waals surface area contributed by atoms with Gasteiger partial charge < -0.3 is 20.2 Å². The van der Waals surface area contributed by atoms with Crippen molar-refractivity contribution in [3.05, 3.63) is 52.1 Å². The Bertz CT molecular complexity index is 1370. The number of anilines is 1.